The number of aromatic nitrogens is 2. The van der Waals surface area contributed by atoms with E-state index in [1.165, 1.54) is 10.6 Å². The van der Waals surface area contributed by atoms with Crippen molar-refractivity contribution >= 4 is 27.7 Å². The van der Waals surface area contributed by atoms with E-state index < -0.39 is 0 Å². The lowest BCUT2D eigenvalue weighted by molar-refractivity contribution is 0.556. The molecule has 0 fully saturated rings. The molecule has 1 N–H and O–H groups in total. The van der Waals surface area contributed by atoms with Crippen molar-refractivity contribution in [1.82, 2.24) is 15.1 Å². The molecular formula is C15H20BrN3S. The molecule has 0 spiro atoms. The number of benzene rings is 1. The maximum atomic E-state index is 4.21. The topological polar surface area (TPSA) is 29.9 Å². The Hall–Kier alpha value is -0.780. The maximum Gasteiger partial charge on any atom is 0.0492 e. The van der Waals surface area contributed by atoms with Gasteiger partial charge in [-0.3, -0.25) is 4.68 Å². The first kappa shape index (κ1) is 15.6. The summed E-state index contributed by atoms with van der Waals surface area (Å²) in [4.78, 5) is 1.31. The van der Waals surface area contributed by atoms with Crippen LogP contribution in [0.25, 0.3) is 0 Å². The molecule has 0 aliphatic rings. The van der Waals surface area contributed by atoms with Crippen LogP contribution in [0.2, 0.25) is 0 Å². The van der Waals surface area contributed by atoms with Crippen molar-refractivity contribution in [3.63, 3.8) is 0 Å². The van der Waals surface area contributed by atoms with Gasteiger partial charge in [-0.15, -0.1) is 11.8 Å². The monoisotopic (exact) mass is 353 g/mol. The van der Waals surface area contributed by atoms with Gasteiger partial charge in [-0.05, 0) is 44.2 Å². The van der Waals surface area contributed by atoms with E-state index in [1.807, 2.05) is 36.7 Å². The molecular weight excluding hydrogens is 334 g/mol. The molecule has 0 amide bonds. The summed E-state index contributed by atoms with van der Waals surface area (Å²) in [5.41, 5.74) is 1.29. The van der Waals surface area contributed by atoms with E-state index in [4.69, 9.17) is 0 Å². The molecule has 0 saturated carbocycles. The predicted octanol–water partition coefficient (Wildman–Crippen LogP) is 3.50. The zero-order chi connectivity index (χ0) is 14.4. The smallest absolute Gasteiger partial charge is 0.0492 e. The standard InChI is InChI=1S/C15H20BrN3S/c1-17-13(6-7-14-8-9-18-19(14)2)11-20-15-5-3-4-12(16)10-15/h3-5,8-10,13,17H,6-7,11H2,1-2H3. The normalized spacial score (nSPS) is 12.6. The highest BCUT2D eigenvalue weighted by Crippen LogP contribution is 2.23. The first-order valence-electron chi connectivity index (χ1n) is 6.71. The summed E-state index contributed by atoms with van der Waals surface area (Å²) in [5, 5.41) is 7.62. The quantitative estimate of drug-likeness (QED) is 0.772. The number of rotatable bonds is 7. The summed E-state index contributed by atoms with van der Waals surface area (Å²) in [7, 11) is 4.04. The SMILES string of the molecule is CNC(CCc1ccnn1C)CSc1cccc(Br)c1. The Kier molecular flexibility index (Phi) is 6.13. The fourth-order valence-electron chi connectivity index (χ4n) is 2.03. The van der Waals surface area contributed by atoms with Gasteiger partial charge < -0.3 is 5.32 Å². The molecule has 1 heterocycles. The van der Waals surface area contributed by atoms with E-state index in [0.717, 1.165) is 23.1 Å². The van der Waals surface area contributed by atoms with Crippen LogP contribution in [0.3, 0.4) is 0 Å². The Labute approximate surface area is 133 Å². The van der Waals surface area contributed by atoms with Crippen LogP contribution in [-0.4, -0.2) is 28.6 Å². The highest BCUT2D eigenvalue weighted by molar-refractivity contribution is 9.10. The molecule has 0 aliphatic carbocycles. The Morgan fingerprint density at radius 2 is 2.25 bits per heavy atom. The van der Waals surface area contributed by atoms with E-state index in [9.17, 15) is 0 Å². The number of thioether (sulfide) groups is 1. The van der Waals surface area contributed by atoms with Crippen LogP contribution < -0.4 is 5.32 Å². The highest BCUT2D eigenvalue weighted by Gasteiger charge is 2.09. The third-order valence-electron chi connectivity index (χ3n) is 3.33. The Bertz CT molecular complexity index is 541. The van der Waals surface area contributed by atoms with Gasteiger partial charge in [0.1, 0.15) is 0 Å². The van der Waals surface area contributed by atoms with E-state index in [0.29, 0.717) is 6.04 Å². The van der Waals surface area contributed by atoms with Crippen LogP contribution in [0.5, 0.6) is 0 Å². The van der Waals surface area contributed by atoms with E-state index in [-0.39, 0.29) is 0 Å². The minimum Gasteiger partial charge on any atom is -0.316 e. The lowest BCUT2D eigenvalue weighted by atomic mass is 10.1. The first-order valence-corrected chi connectivity index (χ1v) is 8.49. The fraction of sp³-hybridized carbons (Fsp3) is 0.400. The maximum absolute atomic E-state index is 4.21. The molecule has 1 unspecified atom stereocenters. The lowest BCUT2D eigenvalue weighted by Crippen LogP contribution is -2.28. The molecule has 5 heteroatoms. The minimum atomic E-state index is 0.508. The second kappa shape index (κ2) is 7.86. The zero-order valence-electron chi connectivity index (χ0n) is 11.8. The van der Waals surface area contributed by atoms with Gasteiger partial charge in [0.25, 0.3) is 0 Å². The van der Waals surface area contributed by atoms with Crippen LogP contribution in [0.4, 0.5) is 0 Å². The van der Waals surface area contributed by atoms with Crippen molar-refractivity contribution in [2.45, 2.75) is 23.8 Å². The van der Waals surface area contributed by atoms with Crippen molar-refractivity contribution in [2.24, 2.45) is 7.05 Å². The van der Waals surface area contributed by atoms with E-state index in [2.05, 4.69) is 56.7 Å². The van der Waals surface area contributed by atoms with Gasteiger partial charge in [0, 0.05) is 40.1 Å². The predicted molar refractivity (Wildman–Crippen MR) is 89.2 cm³/mol. The highest BCUT2D eigenvalue weighted by atomic mass is 79.9. The average Bonchev–Trinajstić information content (AvgIpc) is 2.85. The molecule has 3 nitrogen and oxygen atoms in total. The number of halogens is 1. The Morgan fingerprint density at radius 1 is 1.40 bits per heavy atom. The summed E-state index contributed by atoms with van der Waals surface area (Å²) < 4.78 is 3.09. The molecule has 0 radical (unpaired) electrons. The summed E-state index contributed by atoms with van der Waals surface area (Å²) in [6, 6.07) is 11.1. The summed E-state index contributed by atoms with van der Waals surface area (Å²) >= 11 is 5.41. The van der Waals surface area contributed by atoms with E-state index >= 15 is 0 Å². The average molecular weight is 354 g/mol. The Morgan fingerprint density at radius 3 is 2.90 bits per heavy atom. The number of aryl methyl sites for hydroxylation is 2. The third kappa shape index (κ3) is 4.65. The van der Waals surface area contributed by atoms with Gasteiger partial charge in [0.15, 0.2) is 0 Å². The molecule has 2 aromatic rings. The fourth-order valence-corrected chi connectivity index (χ4v) is 3.70. The summed E-state index contributed by atoms with van der Waals surface area (Å²) in [6.45, 7) is 0. The third-order valence-corrected chi connectivity index (χ3v) is 4.98. The van der Waals surface area contributed by atoms with Crippen molar-refractivity contribution in [3.05, 3.63) is 46.7 Å². The number of hydrogen-bond donors (Lipinski definition) is 1. The molecule has 0 aliphatic heterocycles. The second-order valence-corrected chi connectivity index (χ2v) is 6.75. The summed E-state index contributed by atoms with van der Waals surface area (Å²) in [6.07, 6.45) is 4.04. The van der Waals surface area contributed by atoms with Crippen molar-refractivity contribution in [2.75, 3.05) is 12.8 Å². The van der Waals surface area contributed by atoms with Gasteiger partial charge in [0.2, 0.25) is 0 Å². The molecule has 1 aromatic heterocycles. The van der Waals surface area contributed by atoms with Crippen molar-refractivity contribution in [1.29, 1.82) is 0 Å². The van der Waals surface area contributed by atoms with Gasteiger partial charge >= 0.3 is 0 Å². The van der Waals surface area contributed by atoms with Crippen LogP contribution in [0.1, 0.15) is 12.1 Å². The van der Waals surface area contributed by atoms with Crippen LogP contribution in [-0.2, 0) is 13.5 Å². The van der Waals surface area contributed by atoms with Crippen molar-refractivity contribution in [3.8, 4) is 0 Å². The first-order chi connectivity index (χ1) is 9.69. The van der Waals surface area contributed by atoms with Crippen molar-refractivity contribution < 1.29 is 0 Å². The molecule has 0 bridgehead atoms. The largest absolute Gasteiger partial charge is 0.316 e. The van der Waals surface area contributed by atoms with Crippen LogP contribution in [0, 0.1) is 0 Å². The molecule has 1 aromatic carbocycles. The Balaban J connectivity index is 1.82. The molecule has 0 saturated heterocycles. The van der Waals surface area contributed by atoms with Gasteiger partial charge in [-0.1, -0.05) is 22.0 Å². The number of hydrogen-bond acceptors (Lipinski definition) is 3. The molecule has 1 atom stereocenters. The van der Waals surface area contributed by atoms with Crippen LogP contribution >= 0.6 is 27.7 Å². The lowest BCUT2D eigenvalue weighted by Gasteiger charge is -2.15. The van der Waals surface area contributed by atoms with Gasteiger partial charge in [-0.25, -0.2) is 0 Å². The second-order valence-electron chi connectivity index (χ2n) is 4.74. The van der Waals surface area contributed by atoms with Gasteiger partial charge in [0.05, 0.1) is 0 Å². The van der Waals surface area contributed by atoms with E-state index in [1.54, 1.807) is 0 Å². The summed E-state index contributed by atoms with van der Waals surface area (Å²) in [5.74, 6) is 1.07. The van der Waals surface area contributed by atoms with Crippen LogP contribution in [0.15, 0.2) is 45.9 Å². The minimum absolute atomic E-state index is 0.508. The number of nitrogens with zero attached hydrogens (tertiary/aromatic N) is 2. The number of nitrogens with one attached hydrogen (secondary N) is 1. The molecule has 2 rings (SSSR count). The molecule has 20 heavy (non-hydrogen) atoms. The zero-order valence-corrected chi connectivity index (χ0v) is 14.2. The van der Waals surface area contributed by atoms with Gasteiger partial charge in [-0.2, -0.15) is 5.10 Å². The molecule has 108 valence electrons.